The number of likely N-dealkylation sites (tertiary alicyclic amines) is 1. The molecular weight excluding hydrogens is 350 g/mol. The molecular formula is C22H27N5O. The summed E-state index contributed by atoms with van der Waals surface area (Å²) in [5.41, 5.74) is 4.16. The molecule has 2 aromatic carbocycles. The van der Waals surface area contributed by atoms with Crippen molar-refractivity contribution in [3.05, 3.63) is 54.1 Å². The van der Waals surface area contributed by atoms with Crippen molar-refractivity contribution in [2.24, 2.45) is 0 Å². The number of para-hydroxylation sites is 1. The molecule has 0 spiro atoms. The molecule has 1 aromatic heterocycles. The predicted molar refractivity (Wildman–Crippen MR) is 111 cm³/mol. The predicted octanol–water partition coefficient (Wildman–Crippen LogP) is 3.83. The van der Waals surface area contributed by atoms with Crippen molar-refractivity contribution < 1.29 is 4.79 Å². The van der Waals surface area contributed by atoms with Gasteiger partial charge in [-0.25, -0.2) is 4.68 Å². The topological polar surface area (TPSA) is 63.1 Å². The fourth-order valence-electron chi connectivity index (χ4n) is 3.83. The van der Waals surface area contributed by atoms with E-state index in [0.29, 0.717) is 18.5 Å². The molecule has 0 saturated carbocycles. The highest BCUT2D eigenvalue weighted by Gasteiger charge is 2.24. The number of fused-ring (bicyclic) bond motifs is 1. The average molecular weight is 377 g/mol. The van der Waals surface area contributed by atoms with Crippen molar-refractivity contribution in [1.29, 1.82) is 0 Å². The quantitative estimate of drug-likeness (QED) is 0.734. The van der Waals surface area contributed by atoms with E-state index in [4.69, 9.17) is 0 Å². The maximum absolute atomic E-state index is 12.4. The average Bonchev–Trinajstić information content (AvgIpc) is 3.13. The van der Waals surface area contributed by atoms with E-state index >= 15 is 0 Å². The molecule has 1 amide bonds. The molecule has 6 nitrogen and oxygen atoms in total. The summed E-state index contributed by atoms with van der Waals surface area (Å²) >= 11 is 0. The minimum atomic E-state index is 0.0435. The summed E-state index contributed by atoms with van der Waals surface area (Å²) in [6.45, 7) is 6.53. The maximum atomic E-state index is 12.4. The lowest BCUT2D eigenvalue weighted by atomic mass is 10.0. The van der Waals surface area contributed by atoms with Gasteiger partial charge in [-0.15, -0.1) is 5.10 Å². The lowest BCUT2D eigenvalue weighted by Gasteiger charge is -2.31. The highest BCUT2D eigenvalue weighted by atomic mass is 16.2. The monoisotopic (exact) mass is 377 g/mol. The third-order valence-corrected chi connectivity index (χ3v) is 5.51. The van der Waals surface area contributed by atoms with E-state index in [1.54, 1.807) is 0 Å². The van der Waals surface area contributed by atoms with Gasteiger partial charge >= 0.3 is 0 Å². The zero-order valence-corrected chi connectivity index (χ0v) is 16.5. The molecule has 0 atom stereocenters. The van der Waals surface area contributed by atoms with Crippen LogP contribution in [-0.4, -0.2) is 45.4 Å². The summed E-state index contributed by atoms with van der Waals surface area (Å²) in [5, 5.41) is 11.6. The molecule has 1 aliphatic heterocycles. The Balaban J connectivity index is 1.30. The van der Waals surface area contributed by atoms with Gasteiger partial charge in [0.2, 0.25) is 5.91 Å². The normalized spacial score (nSPS) is 16.0. The van der Waals surface area contributed by atoms with E-state index in [0.717, 1.165) is 42.7 Å². The van der Waals surface area contributed by atoms with Crippen molar-refractivity contribution in [1.82, 2.24) is 19.9 Å². The lowest BCUT2D eigenvalue weighted by Crippen LogP contribution is -2.39. The molecule has 2 heterocycles. The van der Waals surface area contributed by atoms with Crippen LogP contribution in [0.25, 0.3) is 11.0 Å². The first-order valence-electron chi connectivity index (χ1n) is 10.0. The van der Waals surface area contributed by atoms with Gasteiger partial charge in [-0.1, -0.05) is 43.3 Å². The number of nitrogens with one attached hydrogen (secondary N) is 1. The van der Waals surface area contributed by atoms with E-state index in [9.17, 15) is 4.79 Å². The zero-order chi connectivity index (χ0) is 19.5. The van der Waals surface area contributed by atoms with Gasteiger partial charge < -0.3 is 5.32 Å². The van der Waals surface area contributed by atoms with Gasteiger partial charge in [-0.2, -0.15) is 0 Å². The van der Waals surface area contributed by atoms with Gasteiger partial charge in [-0.3, -0.25) is 9.69 Å². The molecule has 1 N–H and O–H groups in total. The summed E-state index contributed by atoms with van der Waals surface area (Å²) in [5.74, 6) is 0.537. The number of rotatable bonds is 5. The number of amides is 1. The van der Waals surface area contributed by atoms with E-state index in [1.165, 1.54) is 5.56 Å². The SMILES string of the molecule is CC(C)c1ccc(NC(=O)CN2CCC(n3nnc4ccccc43)CC2)cc1. The van der Waals surface area contributed by atoms with E-state index < -0.39 is 0 Å². The van der Waals surface area contributed by atoms with Crippen LogP contribution in [0.2, 0.25) is 0 Å². The minimum absolute atomic E-state index is 0.0435. The van der Waals surface area contributed by atoms with Crippen molar-refractivity contribution >= 4 is 22.6 Å². The molecule has 0 aliphatic carbocycles. The molecule has 1 saturated heterocycles. The van der Waals surface area contributed by atoms with Crippen LogP contribution < -0.4 is 5.32 Å². The van der Waals surface area contributed by atoms with Crippen LogP contribution >= 0.6 is 0 Å². The first kappa shape index (κ1) is 18.6. The van der Waals surface area contributed by atoms with Crippen LogP contribution in [0.5, 0.6) is 0 Å². The Labute approximate surface area is 165 Å². The molecule has 146 valence electrons. The number of nitrogens with zero attached hydrogens (tertiary/aromatic N) is 4. The molecule has 1 fully saturated rings. The Morgan fingerprint density at radius 1 is 1.11 bits per heavy atom. The number of hydrogen-bond donors (Lipinski definition) is 1. The van der Waals surface area contributed by atoms with Gasteiger partial charge in [0.1, 0.15) is 5.52 Å². The van der Waals surface area contributed by atoms with E-state index in [1.807, 2.05) is 35.0 Å². The lowest BCUT2D eigenvalue weighted by molar-refractivity contribution is -0.117. The molecule has 0 bridgehead atoms. The zero-order valence-electron chi connectivity index (χ0n) is 16.5. The number of benzene rings is 2. The number of carbonyl (C=O) groups is 1. The Bertz CT molecular complexity index is 939. The minimum Gasteiger partial charge on any atom is -0.325 e. The van der Waals surface area contributed by atoms with E-state index in [-0.39, 0.29) is 5.91 Å². The molecule has 0 unspecified atom stereocenters. The van der Waals surface area contributed by atoms with Crippen LogP contribution in [0.15, 0.2) is 48.5 Å². The highest BCUT2D eigenvalue weighted by Crippen LogP contribution is 2.25. The fourth-order valence-corrected chi connectivity index (χ4v) is 3.83. The number of piperidine rings is 1. The van der Waals surface area contributed by atoms with Crippen LogP contribution in [-0.2, 0) is 4.79 Å². The fraction of sp³-hybridized carbons (Fsp3) is 0.409. The summed E-state index contributed by atoms with van der Waals surface area (Å²) in [6.07, 6.45) is 1.95. The van der Waals surface area contributed by atoms with Crippen molar-refractivity contribution in [2.75, 3.05) is 25.0 Å². The second-order valence-electron chi connectivity index (χ2n) is 7.85. The molecule has 4 rings (SSSR count). The molecule has 28 heavy (non-hydrogen) atoms. The van der Waals surface area contributed by atoms with Gasteiger partial charge in [-0.05, 0) is 48.6 Å². The van der Waals surface area contributed by atoms with Crippen molar-refractivity contribution in [2.45, 2.75) is 38.6 Å². The largest absolute Gasteiger partial charge is 0.325 e. The van der Waals surface area contributed by atoms with Crippen LogP contribution in [0.3, 0.4) is 0 Å². The summed E-state index contributed by atoms with van der Waals surface area (Å²) in [7, 11) is 0. The Hall–Kier alpha value is -2.73. The first-order chi connectivity index (χ1) is 13.6. The Morgan fingerprint density at radius 3 is 2.54 bits per heavy atom. The van der Waals surface area contributed by atoms with E-state index in [2.05, 4.69) is 52.6 Å². The maximum Gasteiger partial charge on any atom is 0.238 e. The molecule has 6 heteroatoms. The molecule has 3 aromatic rings. The van der Waals surface area contributed by atoms with Crippen LogP contribution in [0.1, 0.15) is 44.2 Å². The standard InChI is InChI=1S/C22H27N5O/c1-16(2)17-7-9-18(10-8-17)23-22(28)15-26-13-11-19(12-14-26)27-21-6-4-3-5-20(21)24-25-27/h3-10,16,19H,11-15H2,1-2H3,(H,23,28). The number of anilines is 1. The smallest absolute Gasteiger partial charge is 0.238 e. The third kappa shape index (κ3) is 4.07. The van der Waals surface area contributed by atoms with Gasteiger partial charge in [0.25, 0.3) is 0 Å². The number of aromatic nitrogens is 3. The first-order valence-corrected chi connectivity index (χ1v) is 10.0. The van der Waals surface area contributed by atoms with Crippen LogP contribution in [0.4, 0.5) is 5.69 Å². The number of carbonyl (C=O) groups excluding carboxylic acids is 1. The Kier molecular flexibility index (Phi) is 5.39. The van der Waals surface area contributed by atoms with Crippen molar-refractivity contribution in [3.63, 3.8) is 0 Å². The summed E-state index contributed by atoms with van der Waals surface area (Å²) in [4.78, 5) is 14.6. The Morgan fingerprint density at radius 2 is 1.82 bits per heavy atom. The molecule has 1 aliphatic rings. The summed E-state index contributed by atoms with van der Waals surface area (Å²) < 4.78 is 2.04. The number of hydrogen-bond acceptors (Lipinski definition) is 4. The molecule has 0 radical (unpaired) electrons. The second-order valence-corrected chi connectivity index (χ2v) is 7.85. The van der Waals surface area contributed by atoms with Gasteiger partial charge in [0, 0.05) is 18.8 Å². The van der Waals surface area contributed by atoms with Crippen LogP contribution in [0, 0.1) is 0 Å². The van der Waals surface area contributed by atoms with Gasteiger partial charge in [0.05, 0.1) is 18.1 Å². The van der Waals surface area contributed by atoms with Crippen molar-refractivity contribution in [3.8, 4) is 0 Å². The summed E-state index contributed by atoms with van der Waals surface area (Å²) in [6, 6.07) is 16.5. The van der Waals surface area contributed by atoms with Gasteiger partial charge in [0.15, 0.2) is 0 Å². The second kappa shape index (κ2) is 8.10. The highest BCUT2D eigenvalue weighted by molar-refractivity contribution is 5.92. The third-order valence-electron chi connectivity index (χ3n) is 5.51.